The molecule has 2 bridgehead atoms. The van der Waals surface area contributed by atoms with E-state index in [-0.39, 0.29) is 17.3 Å². The molecule has 0 saturated carbocycles. The fourth-order valence-electron chi connectivity index (χ4n) is 7.38. The van der Waals surface area contributed by atoms with E-state index in [9.17, 15) is 0 Å². The minimum atomic E-state index is 0.0283. The second-order valence-electron chi connectivity index (χ2n) is 11.0. The highest BCUT2D eigenvalue weighted by Crippen LogP contribution is 2.59. The van der Waals surface area contributed by atoms with Gasteiger partial charge in [-0.2, -0.15) is 0 Å². The fraction of sp³-hybridized carbons (Fsp3) is 0.143. The molecule has 172 valence electrons. The molecule has 36 heavy (non-hydrogen) atoms. The van der Waals surface area contributed by atoms with E-state index < -0.39 is 0 Å². The second-order valence-corrected chi connectivity index (χ2v) is 11.8. The first-order valence-electron chi connectivity index (χ1n) is 12.8. The number of rotatable bonds is 1. The zero-order valence-corrected chi connectivity index (χ0v) is 21.9. The highest BCUT2D eigenvalue weighted by molar-refractivity contribution is 9.10. The van der Waals surface area contributed by atoms with Crippen LogP contribution in [0.25, 0.3) is 22.3 Å². The molecular formula is C35H25Br. The molecule has 1 heteroatoms. The van der Waals surface area contributed by atoms with Crippen LogP contribution < -0.4 is 0 Å². The first-order valence-corrected chi connectivity index (χ1v) is 13.6. The summed E-state index contributed by atoms with van der Waals surface area (Å²) < 4.78 is 1.22. The fourth-order valence-corrected chi connectivity index (χ4v) is 7.96. The second kappa shape index (κ2) is 7.08. The average Bonchev–Trinajstić information content (AvgIpc) is 3.15. The third-order valence-electron chi connectivity index (χ3n) is 8.94. The van der Waals surface area contributed by atoms with Crippen molar-refractivity contribution in [2.75, 3.05) is 0 Å². The van der Waals surface area contributed by atoms with E-state index in [0.29, 0.717) is 0 Å². The van der Waals surface area contributed by atoms with Crippen LogP contribution in [0.5, 0.6) is 0 Å². The molecule has 0 spiro atoms. The standard InChI is InChI=1S/C35H25Br/c1-35(2)28-14-8-7-9-22(28)27-19-20(15-17-29(27)35)21-16-18-30(36)34-32-25-12-5-3-10-23(25)31(33(21)34)24-11-4-6-13-26(24)32/h3-19,31-32H,1-2H3. The van der Waals surface area contributed by atoms with Gasteiger partial charge in [-0.05, 0) is 78.9 Å². The molecule has 0 unspecified atom stereocenters. The summed E-state index contributed by atoms with van der Waals surface area (Å²) in [5.74, 6) is 0.516. The third-order valence-corrected chi connectivity index (χ3v) is 9.63. The average molecular weight is 525 g/mol. The quantitative estimate of drug-likeness (QED) is 0.200. The molecule has 0 N–H and O–H groups in total. The van der Waals surface area contributed by atoms with Gasteiger partial charge in [0, 0.05) is 21.7 Å². The molecule has 0 aliphatic heterocycles. The topological polar surface area (TPSA) is 0 Å². The Kier molecular flexibility index (Phi) is 4.08. The molecule has 0 radical (unpaired) electrons. The Morgan fingerprint density at radius 1 is 0.528 bits per heavy atom. The van der Waals surface area contributed by atoms with Gasteiger partial charge < -0.3 is 0 Å². The lowest BCUT2D eigenvalue weighted by Crippen LogP contribution is -2.28. The monoisotopic (exact) mass is 524 g/mol. The van der Waals surface area contributed by atoms with Crippen molar-refractivity contribution in [3.63, 3.8) is 0 Å². The van der Waals surface area contributed by atoms with Crippen LogP contribution in [0.15, 0.2) is 108 Å². The molecule has 4 aliphatic carbocycles. The van der Waals surface area contributed by atoms with Gasteiger partial charge in [0.15, 0.2) is 0 Å². The van der Waals surface area contributed by atoms with Gasteiger partial charge >= 0.3 is 0 Å². The van der Waals surface area contributed by atoms with E-state index in [0.717, 1.165) is 0 Å². The van der Waals surface area contributed by atoms with E-state index >= 15 is 0 Å². The number of fused-ring (bicyclic) bond motifs is 3. The van der Waals surface area contributed by atoms with E-state index in [1.54, 1.807) is 0 Å². The Bertz CT molecular complexity index is 1690. The number of hydrogen-bond donors (Lipinski definition) is 0. The van der Waals surface area contributed by atoms with Crippen LogP contribution in [-0.4, -0.2) is 0 Å². The lowest BCUT2D eigenvalue weighted by molar-refractivity contribution is 0.660. The molecule has 4 aliphatic rings. The molecule has 0 aromatic heterocycles. The Hall–Kier alpha value is -3.42. The van der Waals surface area contributed by atoms with Crippen molar-refractivity contribution < 1.29 is 0 Å². The molecule has 5 aromatic carbocycles. The molecule has 0 atom stereocenters. The summed E-state index contributed by atoms with van der Waals surface area (Å²) in [5.41, 5.74) is 17.1. The molecule has 0 heterocycles. The van der Waals surface area contributed by atoms with Crippen molar-refractivity contribution in [1.82, 2.24) is 0 Å². The van der Waals surface area contributed by atoms with Crippen LogP contribution in [-0.2, 0) is 5.41 Å². The van der Waals surface area contributed by atoms with E-state index in [1.165, 1.54) is 71.2 Å². The minimum Gasteiger partial charge on any atom is -0.0619 e. The first kappa shape index (κ1) is 20.7. The van der Waals surface area contributed by atoms with Crippen LogP contribution in [0.3, 0.4) is 0 Å². The Morgan fingerprint density at radius 2 is 1.08 bits per heavy atom. The van der Waals surface area contributed by atoms with Crippen LogP contribution in [0.4, 0.5) is 0 Å². The molecular weight excluding hydrogens is 500 g/mol. The van der Waals surface area contributed by atoms with E-state index in [4.69, 9.17) is 0 Å². The van der Waals surface area contributed by atoms with Crippen molar-refractivity contribution in [3.8, 4) is 22.3 Å². The van der Waals surface area contributed by atoms with Crippen molar-refractivity contribution in [3.05, 3.63) is 152 Å². The van der Waals surface area contributed by atoms with Crippen LogP contribution in [0, 0.1) is 0 Å². The predicted octanol–water partition coefficient (Wildman–Crippen LogP) is 9.41. The molecule has 0 nitrogen and oxygen atoms in total. The van der Waals surface area contributed by atoms with Gasteiger partial charge in [-0.25, -0.2) is 0 Å². The summed E-state index contributed by atoms with van der Waals surface area (Å²) in [5, 5.41) is 0. The zero-order chi connectivity index (χ0) is 24.2. The largest absolute Gasteiger partial charge is 0.0619 e. The summed E-state index contributed by atoms with van der Waals surface area (Å²) in [6.07, 6.45) is 0. The highest BCUT2D eigenvalue weighted by Gasteiger charge is 2.43. The molecule has 0 fully saturated rings. The van der Waals surface area contributed by atoms with Crippen molar-refractivity contribution in [2.45, 2.75) is 31.1 Å². The maximum Gasteiger partial charge on any atom is 0.0360 e. The van der Waals surface area contributed by atoms with Crippen molar-refractivity contribution in [2.24, 2.45) is 0 Å². The Morgan fingerprint density at radius 3 is 1.75 bits per heavy atom. The summed E-state index contributed by atoms with van der Waals surface area (Å²) in [4.78, 5) is 0. The maximum atomic E-state index is 3.98. The lowest BCUT2D eigenvalue weighted by atomic mass is 9.60. The summed E-state index contributed by atoms with van der Waals surface area (Å²) in [6, 6.07) is 38.9. The van der Waals surface area contributed by atoms with Gasteiger partial charge in [-0.1, -0.05) is 121 Å². The number of hydrogen-bond acceptors (Lipinski definition) is 0. The SMILES string of the molecule is CC1(C)c2ccccc2-c2cc(-c3ccc(Br)c4c3C3c5ccccc5C4c4ccccc43)ccc21. The zero-order valence-electron chi connectivity index (χ0n) is 20.3. The smallest absolute Gasteiger partial charge is 0.0360 e. The molecule has 0 amide bonds. The summed E-state index contributed by atoms with van der Waals surface area (Å²) in [7, 11) is 0. The molecule has 5 aromatic rings. The summed E-state index contributed by atoms with van der Waals surface area (Å²) in [6.45, 7) is 4.71. The van der Waals surface area contributed by atoms with Gasteiger partial charge in [0.1, 0.15) is 0 Å². The highest BCUT2D eigenvalue weighted by atomic mass is 79.9. The first-order chi connectivity index (χ1) is 17.6. The molecule has 0 saturated heterocycles. The van der Waals surface area contributed by atoms with Crippen LogP contribution in [0.1, 0.15) is 70.2 Å². The molecule has 9 rings (SSSR count). The summed E-state index contributed by atoms with van der Waals surface area (Å²) >= 11 is 3.98. The van der Waals surface area contributed by atoms with Gasteiger partial charge in [0.25, 0.3) is 0 Å². The lowest BCUT2D eigenvalue weighted by Gasteiger charge is -2.43. The van der Waals surface area contributed by atoms with Gasteiger partial charge in [-0.15, -0.1) is 0 Å². The van der Waals surface area contributed by atoms with Gasteiger partial charge in [0.2, 0.25) is 0 Å². The van der Waals surface area contributed by atoms with Gasteiger partial charge in [0.05, 0.1) is 0 Å². The van der Waals surface area contributed by atoms with Crippen LogP contribution >= 0.6 is 15.9 Å². The van der Waals surface area contributed by atoms with E-state index in [1.807, 2.05) is 0 Å². The predicted molar refractivity (Wildman–Crippen MR) is 152 cm³/mol. The van der Waals surface area contributed by atoms with E-state index in [2.05, 4.69) is 133 Å². The van der Waals surface area contributed by atoms with Crippen LogP contribution in [0.2, 0.25) is 0 Å². The Labute approximate surface area is 220 Å². The number of halogens is 1. The normalized spacial score (nSPS) is 19.2. The maximum absolute atomic E-state index is 3.98. The number of benzene rings is 5. The third kappa shape index (κ3) is 2.49. The Balaban J connectivity index is 1.41. The van der Waals surface area contributed by atoms with Gasteiger partial charge in [-0.3, -0.25) is 0 Å². The van der Waals surface area contributed by atoms with Crippen molar-refractivity contribution >= 4 is 15.9 Å². The van der Waals surface area contributed by atoms with Crippen molar-refractivity contribution in [1.29, 1.82) is 0 Å². The minimum absolute atomic E-state index is 0.0283.